The zero-order valence-electron chi connectivity index (χ0n) is 10.7. The summed E-state index contributed by atoms with van der Waals surface area (Å²) in [5.74, 6) is 0.530. The molecule has 0 atom stereocenters. The Bertz CT molecular complexity index is 554. The van der Waals surface area contributed by atoms with Gasteiger partial charge in [0.1, 0.15) is 11.0 Å². The minimum absolute atomic E-state index is 0.00190. The van der Waals surface area contributed by atoms with Crippen LogP contribution in [0.1, 0.15) is 22.5 Å². The highest BCUT2D eigenvalue weighted by Gasteiger charge is 2.25. The molecule has 104 valence electrons. The lowest BCUT2D eigenvalue weighted by atomic mass is 10.1. The Hall–Kier alpha value is -2.09. The number of carbonyl (C=O) groups is 1. The van der Waals surface area contributed by atoms with Gasteiger partial charge in [-0.1, -0.05) is 4.49 Å². The highest BCUT2D eigenvalue weighted by atomic mass is 32.1. The second kappa shape index (κ2) is 5.91. The van der Waals surface area contributed by atoms with Crippen molar-refractivity contribution in [2.75, 3.05) is 13.1 Å². The molecule has 0 unspecified atom stereocenters. The number of hydrogen-bond acceptors (Lipinski definition) is 7. The van der Waals surface area contributed by atoms with E-state index in [2.05, 4.69) is 19.6 Å². The standard InChI is InChI=1S/C12H13N5O2S/c18-12(10-7-15-16-20-10)17-5-1-9(2-6-17)19-11-8-13-3-4-14-11/h3-4,7-9H,1-2,5-6H2. The first-order valence-corrected chi connectivity index (χ1v) is 7.09. The zero-order valence-corrected chi connectivity index (χ0v) is 11.5. The second-order valence-corrected chi connectivity index (χ2v) is 5.22. The molecule has 0 N–H and O–H groups in total. The van der Waals surface area contributed by atoms with Crippen molar-refractivity contribution in [3.63, 3.8) is 0 Å². The van der Waals surface area contributed by atoms with Crippen LogP contribution in [0.3, 0.4) is 0 Å². The van der Waals surface area contributed by atoms with Crippen molar-refractivity contribution in [3.05, 3.63) is 29.7 Å². The van der Waals surface area contributed by atoms with Crippen LogP contribution < -0.4 is 4.74 Å². The van der Waals surface area contributed by atoms with E-state index in [-0.39, 0.29) is 12.0 Å². The number of carbonyl (C=O) groups excluding carboxylic acids is 1. The molecular weight excluding hydrogens is 278 g/mol. The Morgan fingerprint density at radius 2 is 2.15 bits per heavy atom. The largest absolute Gasteiger partial charge is 0.473 e. The minimum Gasteiger partial charge on any atom is -0.473 e. The van der Waals surface area contributed by atoms with Crippen LogP contribution in [0.15, 0.2) is 24.8 Å². The van der Waals surface area contributed by atoms with Crippen LogP contribution in [-0.2, 0) is 0 Å². The van der Waals surface area contributed by atoms with E-state index in [0.29, 0.717) is 23.8 Å². The summed E-state index contributed by atoms with van der Waals surface area (Å²) >= 11 is 1.13. The van der Waals surface area contributed by atoms with Crippen LogP contribution in [0.5, 0.6) is 5.88 Å². The van der Waals surface area contributed by atoms with Gasteiger partial charge < -0.3 is 9.64 Å². The fourth-order valence-corrected chi connectivity index (χ4v) is 2.59. The Morgan fingerprint density at radius 3 is 2.80 bits per heavy atom. The molecule has 0 radical (unpaired) electrons. The number of nitrogens with zero attached hydrogens (tertiary/aromatic N) is 5. The molecule has 0 bridgehead atoms. The van der Waals surface area contributed by atoms with Gasteiger partial charge in [-0.25, -0.2) is 4.98 Å². The van der Waals surface area contributed by atoms with Crippen molar-refractivity contribution in [2.45, 2.75) is 18.9 Å². The van der Waals surface area contributed by atoms with Crippen molar-refractivity contribution >= 4 is 17.4 Å². The van der Waals surface area contributed by atoms with E-state index >= 15 is 0 Å². The topological polar surface area (TPSA) is 81.1 Å². The molecule has 0 aromatic carbocycles. The quantitative estimate of drug-likeness (QED) is 0.839. The molecule has 7 nitrogen and oxygen atoms in total. The summed E-state index contributed by atoms with van der Waals surface area (Å²) < 4.78 is 9.45. The van der Waals surface area contributed by atoms with Gasteiger partial charge in [-0.3, -0.25) is 9.78 Å². The number of likely N-dealkylation sites (tertiary alicyclic amines) is 1. The maximum Gasteiger partial charge on any atom is 0.267 e. The van der Waals surface area contributed by atoms with E-state index in [1.165, 1.54) is 6.20 Å². The van der Waals surface area contributed by atoms with Crippen LogP contribution in [0.25, 0.3) is 0 Å². The second-order valence-electron chi connectivity index (χ2n) is 4.43. The van der Waals surface area contributed by atoms with Crippen molar-refractivity contribution in [3.8, 4) is 5.88 Å². The molecule has 0 saturated carbocycles. The van der Waals surface area contributed by atoms with Crippen LogP contribution in [-0.4, -0.2) is 49.6 Å². The molecule has 3 heterocycles. The highest BCUT2D eigenvalue weighted by Crippen LogP contribution is 2.18. The van der Waals surface area contributed by atoms with Crippen LogP contribution >= 0.6 is 11.5 Å². The molecule has 20 heavy (non-hydrogen) atoms. The predicted molar refractivity (Wildman–Crippen MR) is 71.5 cm³/mol. The van der Waals surface area contributed by atoms with Crippen LogP contribution in [0.2, 0.25) is 0 Å². The van der Waals surface area contributed by atoms with Gasteiger partial charge in [-0.05, 0) is 11.5 Å². The van der Waals surface area contributed by atoms with E-state index < -0.39 is 0 Å². The first-order valence-electron chi connectivity index (χ1n) is 6.32. The van der Waals surface area contributed by atoms with Crippen molar-refractivity contribution < 1.29 is 9.53 Å². The maximum atomic E-state index is 12.1. The molecule has 3 rings (SSSR count). The molecule has 0 spiro atoms. The smallest absolute Gasteiger partial charge is 0.267 e. The number of rotatable bonds is 3. The van der Waals surface area contributed by atoms with Gasteiger partial charge in [-0.15, -0.1) is 5.10 Å². The van der Waals surface area contributed by atoms with E-state index in [0.717, 1.165) is 24.4 Å². The molecule has 1 aliphatic heterocycles. The first kappa shape index (κ1) is 12.9. The third-order valence-corrected chi connectivity index (χ3v) is 3.78. The van der Waals surface area contributed by atoms with E-state index in [4.69, 9.17) is 4.74 Å². The van der Waals surface area contributed by atoms with Gasteiger partial charge >= 0.3 is 0 Å². The van der Waals surface area contributed by atoms with Gasteiger partial charge in [0.15, 0.2) is 0 Å². The summed E-state index contributed by atoms with van der Waals surface area (Å²) in [4.78, 5) is 22.6. The van der Waals surface area contributed by atoms with Crippen molar-refractivity contribution in [2.24, 2.45) is 0 Å². The fraction of sp³-hybridized carbons (Fsp3) is 0.417. The fourth-order valence-electron chi connectivity index (χ4n) is 2.11. The lowest BCUT2D eigenvalue weighted by molar-refractivity contribution is 0.0591. The van der Waals surface area contributed by atoms with E-state index in [1.807, 2.05) is 4.90 Å². The van der Waals surface area contributed by atoms with E-state index in [1.54, 1.807) is 18.6 Å². The average molecular weight is 291 g/mol. The summed E-state index contributed by atoms with van der Waals surface area (Å²) in [6, 6.07) is 0. The molecule has 2 aromatic heterocycles. The lowest BCUT2D eigenvalue weighted by Crippen LogP contribution is -2.41. The summed E-state index contributed by atoms with van der Waals surface area (Å²) in [5.41, 5.74) is 0. The SMILES string of the molecule is O=C(c1cnns1)N1CCC(Oc2cnccn2)CC1. The highest BCUT2D eigenvalue weighted by molar-refractivity contribution is 7.07. The van der Waals surface area contributed by atoms with Gasteiger partial charge in [0, 0.05) is 38.3 Å². The number of amides is 1. The molecule has 1 fully saturated rings. The third-order valence-electron chi connectivity index (χ3n) is 3.13. The predicted octanol–water partition coefficient (Wildman–Crippen LogP) is 1.01. The Balaban J connectivity index is 1.53. The van der Waals surface area contributed by atoms with Gasteiger partial charge in [0.2, 0.25) is 5.88 Å². The van der Waals surface area contributed by atoms with Crippen molar-refractivity contribution in [1.82, 2.24) is 24.5 Å². The number of piperidine rings is 1. The Morgan fingerprint density at radius 1 is 1.30 bits per heavy atom. The van der Waals surface area contributed by atoms with Crippen LogP contribution in [0, 0.1) is 0 Å². The zero-order chi connectivity index (χ0) is 13.8. The van der Waals surface area contributed by atoms with Gasteiger partial charge in [-0.2, -0.15) is 0 Å². The van der Waals surface area contributed by atoms with Gasteiger partial charge in [0.05, 0.1) is 12.4 Å². The Labute approximate surface area is 119 Å². The first-order chi connectivity index (χ1) is 9.83. The number of aromatic nitrogens is 4. The molecule has 1 aliphatic rings. The molecule has 0 aliphatic carbocycles. The van der Waals surface area contributed by atoms with Gasteiger partial charge in [0.25, 0.3) is 5.91 Å². The maximum absolute atomic E-state index is 12.1. The summed E-state index contributed by atoms with van der Waals surface area (Å²) in [6.07, 6.45) is 7.97. The molecule has 2 aromatic rings. The number of ether oxygens (including phenoxy) is 1. The third kappa shape index (κ3) is 2.90. The monoisotopic (exact) mass is 291 g/mol. The van der Waals surface area contributed by atoms with Crippen LogP contribution in [0.4, 0.5) is 0 Å². The normalized spacial score (nSPS) is 16.1. The lowest BCUT2D eigenvalue weighted by Gasteiger charge is -2.31. The van der Waals surface area contributed by atoms with E-state index in [9.17, 15) is 4.79 Å². The average Bonchev–Trinajstić information content (AvgIpc) is 3.03. The number of hydrogen-bond donors (Lipinski definition) is 0. The molecule has 8 heteroatoms. The molecular formula is C12H13N5O2S. The summed E-state index contributed by atoms with van der Waals surface area (Å²) in [6.45, 7) is 1.34. The minimum atomic E-state index is -0.00190. The summed E-state index contributed by atoms with van der Waals surface area (Å²) in [7, 11) is 0. The van der Waals surface area contributed by atoms with Crippen molar-refractivity contribution in [1.29, 1.82) is 0 Å². The Kier molecular flexibility index (Phi) is 3.82. The molecule has 1 amide bonds. The molecule has 1 saturated heterocycles. The summed E-state index contributed by atoms with van der Waals surface area (Å²) in [5, 5.41) is 3.69.